The number of rotatable bonds is 2. The fourth-order valence-electron chi connectivity index (χ4n) is 3.54. The van der Waals surface area contributed by atoms with Crippen molar-refractivity contribution in [2.45, 2.75) is 6.04 Å². The third-order valence-corrected chi connectivity index (χ3v) is 4.93. The Balaban J connectivity index is 1.77. The lowest BCUT2D eigenvalue weighted by atomic mass is 10.0. The maximum atomic E-state index is 13.3. The molecule has 1 aromatic heterocycles. The molecular weight excluding hydrogens is 328 g/mol. The number of benzene rings is 2. The third kappa shape index (κ3) is 2.88. The molecule has 1 fully saturated rings. The van der Waals surface area contributed by atoms with Gasteiger partial charge in [-0.2, -0.15) is 5.10 Å². The van der Waals surface area contributed by atoms with Crippen molar-refractivity contribution in [3.8, 4) is 0 Å². The van der Waals surface area contributed by atoms with Crippen molar-refractivity contribution in [2.75, 3.05) is 26.7 Å². The minimum Gasteiger partial charge on any atom is -0.328 e. The second-order valence-corrected chi connectivity index (χ2v) is 6.63. The average Bonchev–Trinajstić information content (AvgIpc) is 2.69. The van der Waals surface area contributed by atoms with Gasteiger partial charge in [-0.05, 0) is 18.7 Å². The number of piperazine rings is 1. The van der Waals surface area contributed by atoms with Gasteiger partial charge in [0.25, 0.3) is 11.5 Å². The van der Waals surface area contributed by atoms with Crippen molar-refractivity contribution < 1.29 is 4.79 Å². The topological polar surface area (TPSA) is 69.3 Å². The second-order valence-electron chi connectivity index (χ2n) is 6.63. The van der Waals surface area contributed by atoms with Gasteiger partial charge < -0.3 is 9.80 Å². The number of carbonyl (C=O) groups excluding carboxylic acids is 1. The number of hydrogen-bond donors (Lipinski definition) is 1. The predicted octanol–water partition coefficient (Wildman–Crippen LogP) is 2.05. The summed E-state index contributed by atoms with van der Waals surface area (Å²) < 4.78 is 0. The Morgan fingerprint density at radius 2 is 1.73 bits per heavy atom. The van der Waals surface area contributed by atoms with Crippen LogP contribution in [0.2, 0.25) is 0 Å². The van der Waals surface area contributed by atoms with E-state index in [4.69, 9.17) is 0 Å². The van der Waals surface area contributed by atoms with Crippen LogP contribution in [0.4, 0.5) is 0 Å². The molecule has 0 saturated carbocycles. The van der Waals surface area contributed by atoms with Crippen LogP contribution in [0.5, 0.6) is 0 Å². The van der Waals surface area contributed by atoms with Gasteiger partial charge in [-0.3, -0.25) is 9.59 Å². The van der Waals surface area contributed by atoms with Gasteiger partial charge in [0.05, 0.1) is 11.4 Å². The van der Waals surface area contributed by atoms with Gasteiger partial charge in [-0.1, -0.05) is 48.5 Å². The van der Waals surface area contributed by atoms with E-state index in [-0.39, 0.29) is 17.5 Å². The van der Waals surface area contributed by atoms with Crippen LogP contribution in [0, 0.1) is 0 Å². The summed E-state index contributed by atoms with van der Waals surface area (Å²) in [5.74, 6) is -0.153. The van der Waals surface area contributed by atoms with E-state index in [1.54, 1.807) is 18.2 Å². The molecule has 6 nitrogen and oxygen atoms in total. The quantitative estimate of drug-likeness (QED) is 0.770. The van der Waals surface area contributed by atoms with Crippen LogP contribution in [0.15, 0.2) is 59.4 Å². The van der Waals surface area contributed by atoms with E-state index in [1.807, 2.05) is 41.3 Å². The average molecular weight is 348 g/mol. The molecule has 2 heterocycles. The molecule has 1 saturated heterocycles. The lowest BCUT2D eigenvalue weighted by molar-refractivity contribution is 0.0493. The Bertz CT molecular complexity index is 999. The normalized spacial score (nSPS) is 18.2. The fraction of sp³-hybridized carbons (Fsp3) is 0.250. The molecule has 1 aliphatic heterocycles. The standard InChI is InChI=1S/C20H20N4O2/c1-23-11-12-24(17(13-23)14-7-3-2-4-8-14)20(26)18-15-9-5-6-10-16(15)19(25)22-21-18/h2-10,17H,11-13H2,1H3,(H,22,25)/t17-/m1/s1. The van der Waals surface area contributed by atoms with Crippen LogP contribution < -0.4 is 5.56 Å². The summed E-state index contributed by atoms with van der Waals surface area (Å²) in [6.45, 7) is 2.18. The summed E-state index contributed by atoms with van der Waals surface area (Å²) >= 11 is 0. The van der Waals surface area contributed by atoms with E-state index >= 15 is 0 Å². The first-order chi connectivity index (χ1) is 12.6. The predicted molar refractivity (Wildman–Crippen MR) is 100 cm³/mol. The first-order valence-corrected chi connectivity index (χ1v) is 8.67. The van der Waals surface area contributed by atoms with Gasteiger partial charge >= 0.3 is 0 Å². The highest BCUT2D eigenvalue weighted by Crippen LogP contribution is 2.27. The molecule has 0 unspecified atom stereocenters. The molecule has 26 heavy (non-hydrogen) atoms. The van der Waals surface area contributed by atoms with Crippen LogP contribution in [0.1, 0.15) is 22.1 Å². The number of aromatic amines is 1. The largest absolute Gasteiger partial charge is 0.328 e. The summed E-state index contributed by atoms with van der Waals surface area (Å²) in [7, 11) is 2.06. The highest BCUT2D eigenvalue weighted by atomic mass is 16.2. The lowest BCUT2D eigenvalue weighted by Gasteiger charge is -2.40. The highest BCUT2D eigenvalue weighted by Gasteiger charge is 2.32. The van der Waals surface area contributed by atoms with Crippen LogP contribution in [-0.4, -0.2) is 52.6 Å². The molecule has 0 spiro atoms. The SMILES string of the molecule is CN1CCN(C(=O)c2n[nH]c(=O)c3ccccc23)[C@@H](c2ccccc2)C1. The van der Waals surface area contributed by atoms with Crippen molar-refractivity contribution in [1.29, 1.82) is 0 Å². The number of likely N-dealkylation sites (N-methyl/N-ethyl adjacent to an activating group) is 1. The molecule has 1 N–H and O–H groups in total. The molecular formula is C20H20N4O2. The van der Waals surface area contributed by atoms with Crippen LogP contribution in [0.3, 0.4) is 0 Å². The Kier molecular flexibility index (Phi) is 4.26. The molecule has 6 heteroatoms. The minimum atomic E-state index is -0.282. The Morgan fingerprint density at radius 1 is 1.04 bits per heavy atom. The summed E-state index contributed by atoms with van der Waals surface area (Å²) in [5.41, 5.74) is 1.11. The van der Waals surface area contributed by atoms with Crippen molar-refractivity contribution in [2.24, 2.45) is 0 Å². The monoisotopic (exact) mass is 348 g/mol. The first kappa shape index (κ1) is 16.5. The van der Waals surface area contributed by atoms with E-state index in [0.29, 0.717) is 23.0 Å². The van der Waals surface area contributed by atoms with Gasteiger partial charge in [0.1, 0.15) is 0 Å². The van der Waals surface area contributed by atoms with E-state index in [0.717, 1.165) is 18.7 Å². The Hall–Kier alpha value is -2.99. The van der Waals surface area contributed by atoms with Crippen molar-refractivity contribution in [3.05, 3.63) is 76.2 Å². The molecule has 0 radical (unpaired) electrons. The molecule has 2 aromatic carbocycles. The van der Waals surface area contributed by atoms with Gasteiger partial charge in [-0.25, -0.2) is 5.10 Å². The highest BCUT2D eigenvalue weighted by molar-refractivity contribution is 6.04. The van der Waals surface area contributed by atoms with Crippen molar-refractivity contribution >= 4 is 16.7 Å². The van der Waals surface area contributed by atoms with Gasteiger partial charge in [0.15, 0.2) is 5.69 Å². The van der Waals surface area contributed by atoms with E-state index in [1.165, 1.54) is 0 Å². The van der Waals surface area contributed by atoms with E-state index in [9.17, 15) is 9.59 Å². The number of hydrogen-bond acceptors (Lipinski definition) is 4. The summed E-state index contributed by atoms with van der Waals surface area (Å²) in [5, 5.41) is 7.62. The maximum Gasteiger partial charge on any atom is 0.275 e. The number of aromatic nitrogens is 2. The fourth-order valence-corrected chi connectivity index (χ4v) is 3.54. The molecule has 3 aromatic rings. The number of nitrogens with zero attached hydrogens (tertiary/aromatic N) is 3. The van der Waals surface area contributed by atoms with Crippen molar-refractivity contribution in [3.63, 3.8) is 0 Å². The third-order valence-electron chi connectivity index (χ3n) is 4.93. The number of H-pyrrole nitrogens is 1. The van der Waals surface area contributed by atoms with Crippen molar-refractivity contribution in [1.82, 2.24) is 20.0 Å². The number of nitrogens with one attached hydrogen (secondary N) is 1. The lowest BCUT2D eigenvalue weighted by Crippen LogP contribution is -2.49. The maximum absolute atomic E-state index is 13.3. The molecule has 0 aliphatic carbocycles. The number of amides is 1. The number of carbonyl (C=O) groups is 1. The molecule has 1 amide bonds. The Labute approximate surface area is 151 Å². The van der Waals surface area contributed by atoms with Gasteiger partial charge in [-0.15, -0.1) is 0 Å². The first-order valence-electron chi connectivity index (χ1n) is 8.67. The summed E-state index contributed by atoms with van der Waals surface area (Å²) in [6, 6.07) is 17.1. The van der Waals surface area contributed by atoms with E-state index in [2.05, 4.69) is 22.1 Å². The molecule has 1 aliphatic rings. The van der Waals surface area contributed by atoms with Gasteiger partial charge in [0, 0.05) is 25.0 Å². The molecule has 4 rings (SSSR count). The Morgan fingerprint density at radius 3 is 2.50 bits per heavy atom. The summed E-state index contributed by atoms with van der Waals surface area (Å²) in [4.78, 5) is 29.4. The zero-order chi connectivity index (χ0) is 18.1. The molecule has 132 valence electrons. The zero-order valence-corrected chi connectivity index (χ0v) is 14.6. The van der Waals surface area contributed by atoms with Crippen LogP contribution in [-0.2, 0) is 0 Å². The van der Waals surface area contributed by atoms with Gasteiger partial charge in [0.2, 0.25) is 0 Å². The summed E-state index contributed by atoms with van der Waals surface area (Å²) in [6.07, 6.45) is 0. The zero-order valence-electron chi connectivity index (χ0n) is 14.6. The number of fused-ring (bicyclic) bond motifs is 1. The molecule has 1 atom stereocenters. The molecule has 0 bridgehead atoms. The smallest absolute Gasteiger partial charge is 0.275 e. The van der Waals surface area contributed by atoms with Crippen LogP contribution in [0.25, 0.3) is 10.8 Å². The van der Waals surface area contributed by atoms with Crippen LogP contribution >= 0.6 is 0 Å². The van der Waals surface area contributed by atoms with E-state index < -0.39 is 0 Å². The second kappa shape index (κ2) is 6.72. The minimum absolute atomic E-state index is 0.0464.